The minimum atomic E-state index is -5.12. The number of rotatable bonds is 8. The molecule has 2 fully saturated rings. The third-order valence-electron chi connectivity index (χ3n) is 6.95. The zero-order chi connectivity index (χ0) is 32.8. The average Bonchev–Trinajstić information content (AvgIpc) is 3.20. The first-order valence-electron chi connectivity index (χ1n) is 12.8. The molecule has 44 heavy (non-hydrogen) atoms. The number of carbonyl (C=O) groups is 4. The number of hydrogen-bond acceptors (Lipinski definition) is 6. The van der Waals surface area contributed by atoms with Gasteiger partial charge in [-0.25, -0.2) is 4.79 Å². The summed E-state index contributed by atoms with van der Waals surface area (Å²) >= 11 is 1.19. The summed E-state index contributed by atoms with van der Waals surface area (Å²) < 4.78 is 78.4. The van der Waals surface area contributed by atoms with E-state index in [1.165, 1.54) is 28.8 Å². The highest BCUT2D eigenvalue weighted by molar-refractivity contribution is 8.01. The Balaban J connectivity index is 1.51. The maximum Gasteiger partial charge on any atom is 0.416 e. The number of benzene rings is 2. The van der Waals surface area contributed by atoms with Crippen LogP contribution in [0, 0.1) is 0 Å². The molecule has 2 aromatic carbocycles. The SMILES string of the molecule is CC1(C)S[C@@H]2[C@H](NC(=O)C(NC(=O)CN=C(N)c3cc(C(F)(F)F)cc(C(F)(F)F)c3)c3ccccc3)C(=O)N2[C@H]1C(=O)O. The summed E-state index contributed by atoms with van der Waals surface area (Å²) in [4.78, 5) is 55.5. The molecule has 2 aromatic rings. The van der Waals surface area contributed by atoms with Gasteiger partial charge in [0.2, 0.25) is 17.7 Å². The number of carboxylic acids is 1. The maximum atomic E-state index is 13.3. The number of aliphatic imine (C=N–C) groups is 1. The largest absolute Gasteiger partial charge is 0.480 e. The topological polar surface area (TPSA) is 154 Å². The number of carbonyl (C=O) groups excluding carboxylic acids is 3. The Morgan fingerprint density at radius 3 is 2.14 bits per heavy atom. The molecule has 10 nitrogen and oxygen atoms in total. The van der Waals surface area contributed by atoms with Crippen molar-refractivity contribution in [2.45, 2.75) is 54.4 Å². The highest BCUT2D eigenvalue weighted by Gasteiger charge is 2.64. The Kier molecular flexibility index (Phi) is 8.65. The number of nitrogens with one attached hydrogen (secondary N) is 2. The lowest BCUT2D eigenvalue weighted by atomic mass is 9.95. The Hall–Kier alpha value is -4.28. The zero-order valence-electron chi connectivity index (χ0n) is 22.9. The molecule has 4 atom stereocenters. The van der Waals surface area contributed by atoms with Crippen LogP contribution in [-0.2, 0) is 31.5 Å². The molecule has 0 spiro atoms. The normalized spacial score (nSPS) is 22.1. The van der Waals surface area contributed by atoms with E-state index >= 15 is 0 Å². The molecule has 17 heteroatoms. The number of nitrogens with two attached hydrogens (primary N) is 1. The minimum Gasteiger partial charge on any atom is -0.480 e. The molecule has 2 aliphatic rings. The molecule has 0 saturated carbocycles. The van der Waals surface area contributed by atoms with E-state index in [0.717, 1.165) is 0 Å². The fourth-order valence-electron chi connectivity index (χ4n) is 4.89. The average molecular weight is 646 g/mol. The van der Waals surface area contributed by atoms with Gasteiger partial charge in [-0.1, -0.05) is 30.3 Å². The van der Waals surface area contributed by atoms with E-state index in [0.29, 0.717) is 12.1 Å². The van der Waals surface area contributed by atoms with Crippen molar-refractivity contribution in [3.05, 3.63) is 70.8 Å². The van der Waals surface area contributed by atoms with Crippen LogP contribution in [0.1, 0.15) is 42.1 Å². The number of amides is 3. The molecule has 0 aliphatic carbocycles. The highest BCUT2D eigenvalue weighted by Crippen LogP contribution is 2.50. The number of carboxylic acid groups (broad SMARTS) is 1. The van der Waals surface area contributed by atoms with E-state index in [4.69, 9.17) is 5.73 Å². The molecule has 2 aliphatic heterocycles. The third kappa shape index (κ3) is 6.61. The Morgan fingerprint density at radius 2 is 1.61 bits per heavy atom. The molecule has 0 bridgehead atoms. The lowest BCUT2D eigenvalue weighted by Crippen LogP contribution is -2.71. The molecule has 0 aromatic heterocycles. The van der Waals surface area contributed by atoms with Gasteiger partial charge in [-0.3, -0.25) is 19.4 Å². The van der Waals surface area contributed by atoms with Crippen LogP contribution in [0.15, 0.2) is 53.5 Å². The summed E-state index contributed by atoms with van der Waals surface area (Å²) in [5.74, 6) is -4.40. The summed E-state index contributed by atoms with van der Waals surface area (Å²) in [7, 11) is 0. The van der Waals surface area contributed by atoms with Gasteiger partial charge in [0.15, 0.2) is 0 Å². The van der Waals surface area contributed by atoms with Crippen molar-refractivity contribution in [2.75, 3.05) is 6.54 Å². The van der Waals surface area contributed by atoms with Crippen LogP contribution in [0.25, 0.3) is 0 Å². The van der Waals surface area contributed by atoms with Gasteiger partial charge in [-0.15, -0.1) is 11.8 Å². The summed E-state index contributed by atoms with van der Waals surface area (Å²) in [6, 6.07) is 4.79. The number of β-lactam (4-membered cyclic amide) rings is 1. The number of thioether (sulfide) groups is 1. The number of fused-ring (bicyclic) bond motifs is 1. The Morgan fingerprint density at radius 1 is 1.05 bits per heavy atom. The van der Waals surface area contributed by atoms with Crippen LogP contribution in [-0.4, -0.2) is 68.3 Å². The van der Waals surface area contributed by atoms with Gasteiger partial charge < -0.3 is 26.4 Å². The minimum absolute atomic E-state index is 0.0779. The van der Waals surface area contributed by atoms with Crippen molar-refractivity contribution >= 4 is 41.3 Å². The van der Waals surface area contributed by atoms with E-state index in [1.807, 2.05) is 0 Å². The summed E-state index contributed by atoms with van der Waals surface area (Å²) in [6.07, 6.45) is -10.2. The van der Waals surface area contributed by atoms with E-state index in [9.17, 15) is 50.6 Å². The number of amidine groups is 1. The van der Waals surface area contributed by atoms with Crippen LogP contribution in [0.3, 0.4) is 0 Å². The lowest BCUT2D eigenvalue weighted by molar-refractivity contribution is -0.161. The number of halogens is 6. The zero-order valence-corrected chi connectivity index (χ0v) is 23.7. The summed E-state index contributed by atoms with van der Waals surface area (Å²) in [5, 5.41) is 13.8. The predicted molar refractivity (Wildman–Crippen MR) is 145 cm³/mol. The van der Waals surface area contributed by atoms with Crippen molar-refractivity contribution in [3.8, 4) is 0 Å². The van der Waals surface area contributed by atoms with Gasteiger partial charge in [0.05, 0.1) is 11.1 Å². The van der Waals surface area contributed by atoms with E-state index < -0.39 is 93.4 Å². The highest BCUT2D eigenvalue weighted by atomic mass is 32.2. The third-order valence-corrected chi connectivity index (χ3v) is 8.52. The summed E-state index contributed by atoms with van der Waals surface area (Å²) in [5.41, 5.74) is 1.97. The molecule has 236 valence electrons. The van der Waals surface area contributed by atoms with Gasteiger partial charge >= 0.3 is 18.3 Å². The van der Waals surface area contributed by atoms with E-state index in [1.54, 1.807) is 32.0 Å². The second-order valence-electron chi connectivity index (χ2n) is 10.5. The second-order valence-corrected chi connectivity index (χ2v) is 12.3. The standard InChI is InChI=1S/C27H25F6N5O5S/c1-25(2)19(24(42)43)38-22(41)18(23(38)44-25)37-21(40)17(12-6-4-3-5-7-12)36-16(39)11-35-20(34)13-8-14(26(28,29)30)10-15(9-13)27(31,32)33/h3-10,17-19,23H,11H2,1-2H3,(H2,34,35)(H,36,39)(H,37,40)(H,42,43)/t17?,18-,19+,23-/m1/s1. The fourth-order valence-corrected chi connectivity index (χ4v) is 6.51. The fraction of sp³-hybridized carbons (Fsp3) is 0.370. The van der Waals surface area contributed by atoms with Gasteiger partial charge in [0, 0.05) is 10.3 Å². The maximum absolute atomic E-state index is 13.3. The van der Waals surface area contributed by atoms with Gasteiger partial charge in [0.1, 0.15) is 35.9 Å². The first-order valence-corrected chi connectivity index (χ1v) is 13.7. The predicted octanol–water partition coefficient (Wildman–Crippen LogP) is 2.92. The smallest absolute Gasteiger partial charge is 0.416 e. The van der Waals surface area contributed by atoms with E-state index in [2.05, 4.69) is 15.6 Å². The molecule has 3 amide bonds. The number of hydrogen-bond donors (Lipinski definition) is 4. The Bertz CT molecular complexity index is 1480. The van der Waals surface area contributed by atoms with Gasteiger partial charge in [-0.05, 0) is 37.6 Å². The molecular formula is C27H25F6N5O5S. The van der Waals surface area contributed by atoms with Gasteiger partial charge in [-0.2, -0.15) is 26.3 Å². The van der Waals surface area contributed by atoms with Crippen LogP contribution in [0.4, 0.5) is 26.3 Å². The van der Waals surface area contributed by atoms with E-state index in [-0.39, 0.29) is 11.6 Å². The molecule has 2 heterocycles. The van der Waals surface area contributed by atoms with Crippen LogP contribution >= 0.6 is 11.8 Å². The number of alkyl halides is 6. The van der Waals surface area contributed by atoms with Crippen LogP contribution in [0.5, 0.6) is 0 Å². The molecular weight excluding hydrogens is 620 g/mol. The number of nitrogens with zero attached hydrogens (tertiary/aromatic N) is 2. The quantitative estimate of drug-likeness (QED) is 0.149. The molecule has 4 rings (SSSR count). The molecule has 2 saturated heterocycles. The van der Waals surface area contributed by atoms with Crippen molar-refractivity contribution in [1.29, 1.82) is 0 Å². The first-order chi connectivity index (χ1) is 20.3. The summed E-state index contributed by atoms with van der Waals surface area (Å²) in [6.45, 7) is 2.44. The number of aliphatic carboxylic acids is 1. The second kappa shape index (κ2) is 11.7. The van der Waals surface area contributed by atoms with Crippen molar-refractivity contribution < 1.29 is 50.6 Å². The van der Waals surface area contributed by atoms with Crippen molar-refractivity contribution in [3.63, 3.8) is 0 Å². The lowest BCUT2D eigenvalue weighted by Gasteiger charge is -2.44. The van der Waals surface area contributed by atoms with Gasteiger partial charge in [0.25, 0.3) is 0 Å². The molecule has 0 radical (unpaired) electrons. The van der Waals surface area contributed by atoms with Crippen molar-refractivity contribution in [1.82, 2.24) is 15.5 Å². The van der Waals surface area contributed by atoms with Crippen LogP contribution in [0.2, 0.25) is 0 Å². The van der Waals surface area contributed by atoms with Crippen LogP contribution < -0.4 is 16.4 Å². The molecule has 1 unspecified atom stereocenters. The monoisotopic (exact) mass is 645 g/mol. The Labute approximate surface area is 250 Å². The van der Waals surface area contributed by atoms with Crippen molar-refractivity contribution in [2.24, 2.45) is 10.7 Å². The first kappa shape index (κ1) is 32.6. The molecule has 5 N–H and O–H groups in total.